The monoisotopic (exact) mass is 334 g/mol. The smallest absolute Gasteiger partial charge is 0.145 e. The lowest BCUT2D eigenvalue weighted by Gasteiger charge is -2.18. The average Bonchev–Trinajstić information content (AvgIpc) is 2.67. The molecule has 0 fully saturated rings. The molecule has 0 heterocycles. The lowest BCUT2D eigenvalue weighted by Crippen LogP contribution is -2.19. The molecule has 0 aliphatic carbocycles. The number of nitrogens with zero attached hydrogens (tertiary/aromatic N) is 2. The van der Waals surface area contributed by atoms with Crippen molar-refractivity contribution in [3.05, 3.63) is 91.0 Å². The average molecular weight is 334 g/mol. The fraction of sp³-hybridized carbons (Fsp3) is 0.100. The predicted molar refractivity (Wildman–Crippen MR) is 100 cm³/mol. The van der Waals surface area contributed by atoms with Crippen molar-refractivity contribution in [2.75, 3.05) is 12.7 Å². The summed E-state index contributed by atoms with van der Waals surface area (Å²) in [4.78, 5) is 0. The van der Waals surface area contributed by atoms with E-state index in [1.807, 2.05) is 91.0 Å². The summed E-state index contributed by atoms with van der Waals surface area (Å²) in [6.45, 7) is 0.427. The second kappa shape index (κ2) is 7.85. The summed E-state index contributed by atoms with van der Waals surface area (Å²) in [5.74, 6) is 0. The summed E-state index contributed by atoms with van der Waals surface area (Å²) in [6.07, 6.45) is 0.470. The Hall–Kier alpha value is -2.51. The van der Waals surface area contributed by atoms with Gasteiger partial charge < -0.3 is 4.57 Å². The maximum Gasteiger partial charge on any atom is 0.145 e. The molecule has 3 rings (SSSR count). The van der Waals surface area contributed by atoms with Crippen LogP contribution in [0.5, 0.6) is 0 Å². The molecule has 0 aliphatic rings. The molecule has 0 radical (unpaired) electrons. The van der Waals surface area contributed by atoms with Crippen LogP contribution in [0.15, 0.2) is 101 Å². The van der Waals surface area contributed by atoms with Gasteiger partial charge in [-0.15, -0.1) is 0 Å². The molecule has 0 N–H and O–H groups in total. The van der Waals surface area contributed by atoms with Gasteiger partial charge in [0.25, 0.3) is 0 Å². The molecular formula is C20H19N2OP. The van der Waals surface area contributed by atoms with E-state index in [1.165, 1.54) is 0 Å². The fourth-order valence-corrected chi connectivity index (χ4v) is 5.05. The van der Waals surface area contributed by atoms with Crippen molar-refractivity contribution in [1.29, 1.82) is 0 Å². The topological polar surface area (TPSA) is 41.8 Å². The second-order valence-electron chi connectivity index (χ2n) is 5.43. The Bertz CT molecular complexity index is 790. The quantitative estimate of drug-likeness (QED) is 0.472. The lowest BCUT2D eigenvalue weighted by atomic mass is 10.3. The first kappa shape index (κ1) is 16.4. The summed E-state index contributed by atoms with van der Waals surface area (Å²) in [6, 6.07) is 28.9. The lowest BCUT2D eigenvalue weighted by molar-refractivity contribution is 0.586. The third kappa shape index (κ3) is 3.87. The maximum atomic E-state index is 13.7. The van der Waals surface area contributed by atoms with Gasteiger partial charge in [-0.2, -0.15) is 10.2 Å². The van der Waals surface area contributed by atoms with Crippen molar-refractivity contribution in [2.45, 2.75) is 0 Å². The van der Waals surface area contributed by atoms with E-state index in [4.69, 9.17) is 0 Å². The molecule has 0 aliphatic heterocycles. The van der Waals surface area contributed by atoms with Gasteiger partial charge in [-0.05, 0) is 12.1 Å². The summed E-state index contributed by atoms with van der Waals surface area (Å²) >= 11 is 0. The standard InChI is InChI=1S/C20H19N2OP/c23-24(19-12-6-2-7-13-19,20-14-8-3-9-15-20)17-16-21-22-18-10-4-1-5-11-18/h1-15H,16-17H2. The first-order valence-electron chi connectivity index (χ1n) is 7.92. The second-order valence-corrected chi connectivity index (χ2v) is 8.39. The summed E-state index contributed by atoms with van der Waals surface area (Å²) < 4.78 is 13.7. The molecule has 0 aromatic heterocycles. The van der Waals surface area contributed by atoms with E-state index in [9.17, 15) is 4.57 Å². The minimum atomic E-state index is -2.70. The molecule has 0 spiro atoms. The number of azo groups is 1. The predicted octanol–water partition coefficient (Wildman–Crippen LogP) is 4.78. The molecule has 0 bridgehead atoms. The van der Waals surface area contributed by atoms with Crippen LogP contribution in [0.4, 0.5) is 5.69 Å². The number of hydrogen-bond acceptors (Lipinski definition) is 3. The highest BCUT2D eigenvalue weighted by Crippen LogP contribution is 2.42. The maximum absolute atomic E-state index is 13.7. The van der Waals surface area contributed by atoms with Gasteiger partial charge in [0, 0.05) is 16.8 Å². The van der Waals surface area contributed by atoms with E-state index in [0.29, 0.717) is 12.7 Å². The zero-order chi connectivity index (χ0) is 16.7. The largest absolute Gasteiger partial charge is 0.314 e. The van der Waals surface area contributed by atoms with Gasteiger partial charge in [-0.25, -0.2) is 0 Å². The van der Waals surface area contributed by atoms with Crippen molar-refractivity contribution in [3.63, 3.8) is 0 Å². The van der Waals surface area contributed by atoms with Gasteiger partial charge in [-0.1, -0.05) is 78.9 Å². The Morgan fingerprint density at radius 3 is 1.62 bits per heavy atom. The van der Waals surface area contributed by atoms with Crippen LogP contribution in [-0.4, -0.2) is 12.7 Å². The van der Waals surface area contributed by atoms with Crippen LogP contribution in [0.2, 0.25) is 0 Å². The van der Waals surface area contributed by atoms with Crippen LogP contribution in [0.1, 0.15) is 0 Å². The van der Waals surface area contributed by atoms with Crippen LogP contribution >= 0.6 is 7.14 Å². The van der Waals surface area contributed by atoms with Gasteiger partial charge in [0.1, 0.15) is 7.14 Å². The normalized spacial score (nSPS) is 11.7. The molecule has 0 amide bonds. The molecule has 0 saturated carbocycles. The van der Waals surface area contributed by atoms with Gasteiger partial charge >= 0.3 is 0 Å². The molecule has 0 saturated heterocycles. The number of hydrogen-bond donors (Lipinski definition) is 0. The van der Waals surface area contributed by atoms with Crippen LogP contribution in [0, 0.1) is 0 Å². The van der Waals surface area contributed by atoms with Crippen molar-refractivity contribution in [2.24, 2.45) is 10.2 Å². The third-order valence-electron chi connectivity index (χ3n) is 3.80. The van der Waals surface area contributed by atoms with Crippen molar-refractivity contribution in [1.82, 2.24) is 0 Å². The fourth-order valence-electron chi connectivity index (χ4n) is 2.56. The van der Waals surface area contributed by atoms with Gasteiger partial charge in [-0.3, -0.25) is 0 Å². The number of benzene rings is 3. The molecule has 24 heavy (non-hydrogen) atoms. The first-order chi connectivity index (χ1) is 11.8. The van der Waals surface area contributed by atoms with Gasteiger partial charge in [0.15, 0.2) is 0 Å². The van der Waals surface area contributed by atoms with E-state index in [-0.39, 0.29) is 0 Å². The minimum Gasteiger partial charge on any atom is -0.314 e. The van der Waals surface area contributed by atoms with Crippen molar-refractivity contribution in [3.8, 4) is 0 Å². The van der Waals surface area contributed by atoms with Gasteiger partial charge in [0.2, 0.25) is 0 Å². The van der Waals surface area contributed by atoms with E-state index in [2.05, 4.69) is 10.2 Å². The summed E-state index contributed by atoms with van der Waals surface area (Å²) in [7, 11) is -2.70. The van der Waals surface area contributed by atoms with E-state index in [0.717, 1.165) is 16.3 Å². The van der Waals surface area contributed by atoms with Gasteiger partial charge in [0.05, 0.1) is 12.2 Å². The first-order valence-corrected chi connectivity index (χ1v) is 9.81. The summed E-state index contributed by atoms with van der Waals surface area (Å²) in [5.41, 5.74) is 0.812. The van der Waals surface area contributed by atoms with Crippen LogP contribution in [-0.2, 0) is 4.57 Å². The molecule has 4 heteroatoms. The SMILES string of the molecule is O=P(CCN=Nc1ccccc1)(c1ccccc1)c1ccccc1. The van der Waals surface area contributed by atoms with Crippen LogP contribution in [0.25, 0.3) is 0 Å². The zero-order valence-corrected chi connectivity index (χ0v) is 14.2. The summed E-state index contributed by atoms with van der Waals surface area (Å²) in [5, 5.41) is 10.2. The van der Waals surface area contributed by atoms with E-state index >= 15 is 0 Å². The highest BCUT2D eigenvalue weighted by atomic mass is 31.2. The Balaban J connectivity index is 1.81. The molecule has 0 unspecified atom stereocenters. The Labute approximate surface area is 142 Å². The molecule has 3 nitrogen and oxygen atoms in total. The van der Waals surface area contributed by atoms with E-state index in [1.54, 1.807) is 0 Å². The highest BCUT2D eigenvalue weighted by molar-refractivity contribution is 7.78. The molecule has 120 valence electrons. The molecule has 3 aromatic carbocycles. The Morgan fingerprint density at radius 2 is 1.12 bits per heavy atom. The highest BCUT2D eigenvalue weighted by Gasteiger charge is 2.26. The third-order valence-corrected chi connectivity index (χ3v) is 6.90. The number of rotatable bonds is 6. The van der Waals surface area contributed by atoms with E-state index < -0.39 is 7.14 Å². The Morgan fingerprint density at radius 1 is 0.667 bits per heavy atom. The van der Waals surface area contributed by atoms with Crippen LogP contribution in [0.3, 0.4) is 0 Å². The molecule has 3 aromatic rings. The van der Waals surface area contributed by atoms with Crippen LogP contribution < -0.4 is 10.6 Å². The van der Waals surface area contributed by atoms with Crippen molar-refractivity contribution < 1.29 is 4.57 Å². The zero-order valence-electron chi connectivity index (χ0n) is 13.3. The Kier molecular flexibility index (Phi) is 5.35. The minimum absolute atomic E-state index is 0.427. The molecular weight excluding hydrogens is 315 g/mol. The van der Waals surface area contributed by atoms with Crippen molar-refractivity contribution >= 4 is 23.4 Å². The molecule has 0 atom stereocenters.